The molecular formula is C30H46N2O4. The number of rotatable bonds is 4. The molecule has 4 aliphatic rings. The Morgan fingerprint density at radius 1 is 1.06 bits per heavy atom. The Morgan fingerprint density at radius 2 is 1.78 bits per heavy atom. The lowest BCUT2D eigenvalue weighted by molar-refractivity contribution is -0.251. The molecule has 200 valence electrons. The number of nitrogens with two attached hydrogens (primary N) is 1. The molecule has 5 rings (SSSR count). The lowest BCUT2D eigenvalue weighted by Gasteiger charge is -2.69. The minimum Gasteiger partial charge on any atom is -0.431 e. The summed E-state index contributed by atoms with van der Waals surface area (Å²) in [5, 5.41) is 15.9. The number of hydrogen-bond donors (Lipinski definition) is 3. The van der Waals surface area contributed by atoms with Gasteiger partial charge in [-0.25, -0.2) is 4.79 Å². The average Bonchev–Trinajstić information content (AvgIpc) is 3.11. The maximum atomic E-state index is 12.6. The molecular weight excluding hydrogens is 452 g/mol. The predicted molar refractivity (Wildman–Crippen MR) is 140 cm³/mol. The zero-order chi connectivity index (χ0) is 26.1. The minimum atomic E-state index is -0.743. The third kappa shape index (κ3) is 3.57. The number of hydrogen-bond acceptors (Lipinski definition) is 5. The zero-order valence-corrected chi connectivity index (χ0v) is 22.8. The zero-order valence-electron chi connectivity index (χ0n) is 22.8. The highest BCUT2D eigenvalue weighted by atomic mass is 16.4. The van der Waals surface area contributed by atoms with Crippen molar-refractivity contribution in [2.75, 3.05) is 0 Å². The average molecular weight is 499 g/mol. The molecule has 4 aliphatic carbocycles. The van der Waals surface area contributed by atoms with Gasteiger partial charge in [0.15, 0.2) is 0 Å². The fraction of sp³-hybridized carbons (Fsp3) is 0.800. The van der Waals surface area contributed by atoms with Crippen LogP contribution >= 0.6 is 0 Å². The quantitative estimate of drug-likeness (QED) is 0.556. The maximum Gasteiger partial charge on any atom is 0.335 e. The lowest BCUT2D eigenvalue weighted by atomic mass is 9.38. The van der Waals surface area contributed by atoms with E-state index in [0.717, 1.165) is 63.4 Å². The largest absolute Gasteiger partial charge is 0.431 e. The minimum absolute atomic E-state index is 0.0178. The van der Waals surface area contributed by atoms with Crippen LogP contribution in [-0.4, -0.2) is 28.7 Å². The van der Waals surface area contributed by atoms with Crippen LogP contribution in [0.15, 0.2) is 27.6 Å². The molecule has 1 aromatic rings. The molecule has 4 saturated carbocycles. The predicted octanol–water partition coefficient (Wildman–Crippen LogP) is 4.74. The molecule has 0 spiro atoms. The van der Waals surface area contributed by atoms with Crippen molar-refractivity contribution < 1.29 is 14.3 Å². The molecule has 4 N–H and O–H groups in total. The number of fused-ring (bicyclic) bond motifs is 5. The van der Waals surface area contributed by atoms with Crippen molar-refractivity contribution in [2.24, 2.45) is 39.7 Å². The Balaban J connectivity index is 1.37. The van der Waals surface area contributed by atoms with E-state index in [4.69, 9.17) is 10.2 Å². The van der Waals surface area contributed by atoms with E-state index in [0.29, 0.717) is 11.8 Å². The van der Waals surface area contributed by atoms with E-state index < -0.39 is 11.6 Å². The molecule has 0 saturated heterocycles. The van der Waals surface area contributed by atoms with Gasteiger partial charge in [0, 0.05) is 22.9 Å². The lowest BCUT2D eigenvalue weighted by Crippen LogP contribution is -2.67. The molecule has 0 unspecified atom stereocenters. The standard InChI is InChI=1S/C30H46N2O4/c1-18(2)25(31)26(34)32-21-9-12-27(3)20(16-21)8-13-29(5)23(27)11-14-28(4)22(10-15-30(28,29)35)19-6-7-24(33)36-17-19/h6-7,17-18,20-23,25,35H,8-16,31H2,1-5H3,(H,32,34)/t20-,21+,22-,23-,25-,27+,28-,29-,30-/m1/s1. The van der Waals surface area contributed by atoms with Crippen LogP contribution < -0.4 is 16.7 Å². The highest BCUT2D eigenvalue weighted by Gasteiger charge is 2.72. The first-order chi connectivity index (χ1) is 16.9. The van der Waals surface area contributed by atoms with Crippen LogP contribution in [0.1, 0.15) is 104 Å². The summed E-state index contributed by atoms with van der Waals surface area (Å²) in [7, 11) is 0. The highest BCUT2D eigenvalue weighted by molar-refractivity contribution is 5.82. The van der Waals surface area contributed by atoms with Crippen LogP contribution in [-0.2, 0) is 4.79 Å². The molecule has 36 heavy (non-hydrogen) atoms. The van der Waals surface area contributed by atoms with E-state index in [9.17, 15) is 14.7 Å². The van der Waals surface area contributed by atoms with Crippen LogP contribution in [0.25, 0.3) is 0 Å². The van der Waals surface area contributed by atoms with Gasteiger partial charge in [-0.15, -0.1) is 0 Å². The van der Waals surface area contributed by atoms with Crippen LogP contribution in [0, 0.1) is 34.0 Å². The molecule has 9 atom stereocenters. The Morgan fingerprint density at radius 3 is 2.44 bits per heavy atom. The first-order valence-electron chi connectivity index (χ1n) is 14.2. The van der Waals surface area contributed by atoms with Gasteiger partial charge in [0.25, 0.3) is 0 Å². The Hall–Kier alpha value is -1.66. The summed E-state index contributed by atoms with van der Waals surface area (Å²) in [6.45, 7) is 11.1. The van der Waals surface area contributed by atoms with Gasteiger partial charge in [-0.1, -0.05) is 34.6 Å². The molecule has 0 radical (unpaired) electrons. The third-order valence-electron chi connectivity index (χ3n) is 12.0. The van der Waals surface area contributed by atoms with E-state index in [1.165, 1.54) is 6.07 Å². The SMILES string of the molecule is CC(C)[C@@H](N)C(=O)N[C@H]1CC[C@@]2(C)[C@H](CC[C@]3(C)[C@@H]2CC[C@]2(C)[C@@H](c4ccc(=O)oc4)CC[C@@]23O)C1. The Bertz CT molecular complexity index is 1050. The molecule has 0 aliphatic heterocycles. The second kappa shape index (κ2) is 8.69. The fourth-order valence-electron chi connectivity index (χ4n) is 9.69. The number of amides is 1. The fourth-order valence-corrected chi connectivity index (χ4v) is 9.69. The van der Waals surface area contributed by atoms with Crippen molar-refractivity contribution in [2.45, 2.75) is 116 Å². The van der Waals surface area contributed by atoms with Crippen LogP contribution in [0.4, 0.5) is 0 Å². The molecule has 1 heterocycles. The third-order valence-corrected chi connectivity index (χ3v) is 12.0. The summed E-state index contributed by atoms with van der Waals surface area (Å²) in [5.74, 6) is 1.33. The Kier molecular flexibility index (Phi) is 6.27. The molecule has 4 fully saturated rings. The van der Waals surface area contributed by atoms with Gasteiger partial charge in [0.2, 0.25) is 5.91 Å². The second-order valence-corrected chi connectivity index (χ2v) is 13.8. The van der Waals surface area contributed by atoms with E-state index in [2.05, 4.69) is 26.1 Å². The van der Waals surface area contributed by atoms with E-state index in [1.807, 2.05) is 19.9 Å². The van der Waals surface area contributed by atoms with Crippen LogP contribution in [0.5, 0.6) is 0 Å². The van der Waals surface area contributed by atoms with E-state index >= 15 is 0 Å². The van der Waals surface area contributed by atoms with E-state index in [-0.39, 0.29) is 45.7 Å². The number of carbonyl (C=O) groups is 1. The van der Waals surface area contributed by atoms with Gasteiger partial charge in [-0.2, -0.15) is 0 Å². The molecule has 0 bridgehead atoms. The molecule has 6 nitrogen and oxygen atoms in total. The first kappa shape index (κ1) is 26.0. The molecule has 1 amide bonds. The summed E-state index contributed by atoms with van der Waals surface area (Å²) in [6, 6.07) is 3.17. The topological polar surface area (TPSA) is 106 Å². The van der Waals surface area contributed by atoms with Crippen LogP contribution in [0.3, 0.4) is 0 Å². The second-order valence-electron chi connectivity index (χ2n) is 13.8. The Labute approximate surface area is 215 Å². The monoisotopic (exact) mass is 498 g/mol. The van der Waals surface area contributed by atoms with Crippen molar-refractivity contribution in [1.82, 2.24) is 5.32 Å². The summed E-state index contributed by atoms with van der Waals surface area (Å²) in [5.41, 5.74) is 5.88. The first-order valence-corrected chi connectivity index (χ1v) is 14.2. The number of aliphatic hydroxyl groups is 1. The van der Waals surface area contributed by atoms with Gasteiger partial charge >= 0.3 is 5.63 Å². The summed E-state index contributed by atoms with van der Waals surface area (Å²) in [4.78, 5) is 24.2. The van der Waals surface area contributed by atoms with Crippen molar-refractivity contribution in [3.05, 3.63) is 34.4 Å². The summed E-state index contributed by atoms with van der Waals surface area (Å²) >= 11 is 0. The maximum absolute atomic E-state index is 12.6. The highest BCUT2D eigenvalue weighted by Crippen LogP contribution is 2.75. The van der Waals surface area contributed by atoms with Gasteiger partial charge in [0.05, 0.1) is 17.9 Å². The van der Waals surface area contributed by atoms with Gasteiger partial charge in [-0.3, -0.25) is 4.79 Å². The smallest absolute Gasteiger partial charge is 0.335 e. The van der Waals surface area contributed by atoms with Crippen molar-refractivity contribution in [3.8, 4) is 0 Å². The molecule has 1 aromatic heterocycles. The number of carbonyl (C=O) groups excluding carboxylic acids is 1. The van der Waals surface area contributed by atoms with Gasteiger partial charge in [-0.05, 0) is 98.5 Å². The van der Waals surface area contributed by atoms with Gasteiger partial charge in [0.1, 0.15) is 0 Å². The summed E-state index contributed by atoms with van der Waals surface area (Å²) in [6.07, 6.45) is 10.6. The van der Waals surface area contributed by atoms with Gasteiger partial charge < -0.3 is 20.6 Å². The molecule has 6 heteroatoms. The van der Waals surface area contributed by atoms with Crippen molar-refractivity contribution in [3.63, 3.8) is 0 Å². The summed E-state index contributed by atoms with van der Waals surface area (Å²) < 4.78 is 5.24. The van der Waals surface area contributed by atoms with E-state index in [1.54, 1.807) is 6.26 Å². The van der Waals surface area contributed by atoms with Crippen LogP contribution in [0.2, 0.25) is 0 Å². The van der Waals surface area contributed by atoms with Crippen molar-refractivity contribution in [1.29, 1.82) is 0 Å². The molecule has 0 aromatic carbocycles. The number of nitrogens with one attached hydrogen (secondary N) is 1. The van der Waals surface area contributed by atoms with Crippen molar-refractivity contribution >= 4 is 5.91 Å². The normalized spacial score (nSPS) is 44.9.